The van der Waals surface area contributed by atoms with E-state index in [0.717, 1.165) is 0 Å². The molecule has 160 valence electrons. The van der Waals surface area contributed by atoms with Crippen LogP contribution in [0.2, 0.25) is 5.02 Å². The van der Waals surface area contributed by atoms with Gasteiger partial charge in [0.25, 0.3) is 5.91 Å². The summed E-state index contributed by atoms with van der Waals surface area (Å²) in [6.07, 6.45) is 2.35. The fourth-order valence-corrected chi connectivity index (χ4v) is 5.26. The minimum absolute atomic E-state index is 0.111. The van der Waals surface area contributed by atoms with Crippen LogP contribution in [-0.4, -0.2) is 61.2 Å². The molecule has 1 fully saturated rings. The molecule has 1 aliphatic rings. The highest BCUT2D eigenvalue weighted by Gasteiger charge is 2.31. The van der Waals surface area contributed by atoms with Crippen LogP contribution in [-0.2, 0) is 10.0 Å². The number of carbonyl (C=O) groups excluding carboxylic acids is 2. The normalized spacial score (nSPS) is 15.4. The second-order valence-electron chi connectivity index (χ2n) is 7.37. The minimum atomic E-state index is -3.28. The number of carbonyl (C=O) groups is 2. The van der Waals surface area contributed by atoms with Gasteiger partial charge in [-0.15, -0.1) is 0 Å². The molecule has 0 unspecified atom stereocenters. The van der Waals surface area contributed by atoms with E-state index in [0.29, 0.717) is 54.2 Å². The summed E-state index contributed by atoms with van der Waals surface area (Å²) in [5, 5.41) is 0.536. The molecule has 0 bridgehead atoms. The predicted molar refractivity (Wildman–Crippen MR) is 117 cm³/mol. The first kappa shape index (κ1) is 22.5. The Labute approximate surface area is 182 Å². The van der Waals surface area contributed by atoms with Crippen molar-refractivity contribution in [3.05, 3.63) is 70.2 Å². The molecule has 2 aromatic carbocycles. The molecule has 0 radical (unpaired) electrons. The molecular formula is C22H25ClN2O4S. The number of piperidine rings is 1. The Morgan fingerprint density at radius 1 is 1.03 bits per heavy atom. The predicted octanol–water partition coefficient (Wildman–Crippen LogP) is 3.46. The Hall–Kier alpha value is -2.22. The lowest BCUT2D eigenvalue weighted by atomic mass is 9.96. The molecule has 6 nitrogen and oxygen atoms in total. The van der Waals surface area contributed by atoms with E-state index in [-0.39, 0.29) is 17.7 Å². The molecule has 0 spiro atoms. The largest absolute Gasteiger partial charge is 0.339 e. The van der Waals surface area contributed by atoms with Gasteiger partial charge in [0.05, 0.1) is 11.8 Å². The highest BCUT2D eigenvalue weighted by molar-refractivity contribution is 7.88. The van der Waals surface area contributed by atoms with Gasteiger partial charge >= 0.3 is 0 Å². The first-order chi connectivity index (χ1) is 14.2. The lowest BCUT2D eigenvalue weighted by molar-refractivity contribution is 0.0677. The van der Waals surface area contributed by atoms with Crippen LogP contribution in [0.3, 0.4) is 0 Å². The maximum atomic E-state index is 13.2. The van der Waals surface area contributed by atoms with E-state index in [9.17, 15) is 18.0 Å². The van der Waals surface area contributed by atoms with Crippen molar-refractivity contribution < 1.29 is 18.0 Å². The van der Waals surface area contributed by atoms with Crippen LogP contribution >= 0.6 is 11.6 Å². The van der Waals surface area contributed by atoms with Crippen molar-refractivity contribution in [3.63, 3.8) is 0 Å². The summed E-state index contributed by atoms with van der Waals surface area (Å²) in [6, 6.07) is 13.2. The fraction of sp³-hybridized carbons (Fsp3) is 0.364. The number of hydrogen-bond donors (Lipinski definition) is 0. The summed E-state index contributed by atoms with van der Waals surface area (Å²) in [4.78, 5) is 27.8. The van der Waals surface area contributed by atoms with Gasteiger partial charge in [-0.2, -0.15) is 4.31 Å². The highest BCUT2D eigenvalue weighted by atomic mass is 35.5. The van der Waals surface area contributed by atoms with Crippen LogP contribution in [0.5, 0.6) is 0 Å². The van der Waals surface area contributed by atoms with E-state index in [2.05, 4.69) is 0 Å². The van der Waals surface area contributed by atoms with Crippen molar-refractivity contribution in [2.45, 2.75) is 25.8 Å². The Bertz CT molecular complexity index is 1030. The third kappa shape index (κ3) is 4.91. The molecule has 8 heteroatoms. The van der Waals surface area contributed by atoms with Crippen LogP contribution in [0, 0.1) is 0 Å². The smallest absolute Gasteiger partial charge is 0.254 e. The maximum Gasteiger partial charge on any atom is 0.254 e. The molecule has 0 N–H and O–H groups in total. The summed E-state index contributed by atoms with van der Waals surface area (Å²) in [6.45, 7) is 3.12. The van der Waals surface area contributed by atoms with E-state index in [1.165, 1.54) is 10.6 Å². The molecule has 1 heterocycles. The number of benzene rings is 2. The molecule has 3 rings (SSSR count). The molecule has 2 aromatic rings. The van der Waals surface area contributed by atoms with Gasteiger partial charge in [0, 0.05) is 41.8 Å². The number of nitrogens with zero attached hydrogens (tertiary/aromatic N) is 2. The van der Waals surface area contributed by atoms with Crippen molar-refractivity contribution in [1.29, 1.82) is 0 Å². The van der Waals surface area contributed by atoms with Crippen LogP contribution in [0.1, 0.15) is 46.0 Å². The highest BCUT2D eigenvalue weighted by Crippen LogP contribution is 2.23. The van der Waals surface area contributed by atoms with E-state index in [4.69, 9.17) is 11.6 Å². The van der Waals surface area contributed by atoms with Gasteiger partial charge < -0.3 is 4.90 Å². The van der Waals surface area contributed by atoms with Crippen molar-refractivity contribution in [2.24, 2.45) is 0 Å². The summed E-state index contributed by atoms with van der Waals surface area (Å²) >= 11 is 5.91. The minimum Gasteiger partial charge on any atom is -0.339 e. The second-order valence-corrected chi connectivity index (χ2v) is 9.74. The van der Waals surface area contributed by atoms with Crippen molar-refractivity contribution >= 4 is 33.3 Å². The van der Waals surface area contributed by atoms with Gasteiger partial charge in [0.15, 0.2) is 5.78 Å². The second kappa shape index (κ2) is 9.29. The molecule has 1 saturated heterocycles. The van der Waals surface area contributed by atoms with Gasteiger partial charge in [0.2, 0.25) is 10.0 Å². The fourth-order valence-electron chi connectivity index (χ4n) is 3.92. The Morgan fingerprint density at radius 2 is 1.60 bits per heavy atom. The van der Waals surface area contributed by atoms with E-state index < -0.39 is 10.0 Å². The van der Waals surface area contributed by atoms with E-state index in [1.807, 2.05) is 6.92 Å². The Morgan fingerprint density at radius 3 is 2.13 bits per heavy atom. The summed E-state index contributed by atoms with van der Waals surface area (Å²) in [5.74, 6) is -0.450. The van der Waals surface area contributed by atoms with Gasteiger partial charge in [-0.05, 0) is 43.2 Å². The zero-order chi connectivity index (χ0) is 21.9. The third-order valence-corrected chi connectivity index (χ3v) is 7.07. The summed E-state index contributed by atoms with van der Waals surface area (Å²) in [7, 11) is -3.28. The molecular weight excluding hydrogens is 424 g/mol. The van der Waals surface area contributed by atoms with Gasteiger partial charge in [-0.25, -0.2) is 8.42 Å². The summed E-state index contributed by atoms with van der Waals surface area (Å²) < 4.78 is 25.4. The van der Waals surface area contributed by atoms with E-state index in [1.54, 1.807) is 53.4 Å². The third-order valence-electron chi connectivity index (χ3n) is 5.41. The molecule has 30 heavy (non-hydrogen) atoms. The topological polar surface area (TPSA) is 74.8 Å². The van der Waals surface area contributed by atoms with Crippen LogP contribution < -0.4 is 0 Å². The molecule has 1 amide bonds. The summed E-state index contributed by atoms with van der Waals surface area (Å²) in [5.41, 5.74) is 1.16. The standard InChI is InChI=1S/C22H25ClN2O4S/c1-3-25(30(2,28)29)18-12-14-24(15-13-18)22(27)20-7-5-4-6-19(20)21(26)16-8-10-17(23)11-9-16/h4-11,18H,3,12-15H2,1-2H3. The Balaban J connectivity index is 1.77. The number of hydrogen-bond acceptors (Lipinski definition) is 4. The zero-order valence-electron chi connectivity index (χ0n) is 17.0. The first-order valence-corrected chi connectivity index (χ1v) is 12.1. The maximum absolute atomic E-state index is 13.2. The molecule has 0 saturated carbocycles. The SMILES string of the molecule is CCN(C1CCN(C(=O)c2ccccc2C(=O)c2ccc(Cl)cc2)CC1)S(C)(=O)=O. The zero-order valence-corrected chi connectivity index (χ0v) is 18.6. The number of rotatable bonds is 6. The lowest BCUT2D eigenvalue weighted by Crippen LogP contribution is -2.48. The number of amides is 1. The average molecular weight is 449 g/mol. The van der Waals surface area contributed by atoms with Gasteiger partial charge in [-0.3, -0.25) is 9.59 Å². The van der Waals surface area contributed by atoms with Crippen LogP contribution in [0.15, 0.2) is 48.5 Å². The average Bonchev–Trinajstić information content (AvgIpc) is 2.73. The number of sulfonamides is 1. The van der Waals surface area contributed by atoms with Crippen LogP contribution in [0.25, 0.3) is 0 Å². The van der Waals surface area contributed by atoms with Crippen molar-refractivity contribution in [1.82, 2.24) is 9.21 Å². The van der Waals surface area contributed by atoms with Crippen LogP contribution in [0.4, 0.5) is 0 Å². The number of likely N-dealkylation sites (tertiary alicyclic amines) is 1. The molecule has 0 atom stereocenters. The van der Waals surface area contributed by atoms with E-state index >= 15 is 0 Å². The van der Waals surface area contributed by atoms with Crippen molar-refractivity contribution in [2.75, 3.05) is 25.9 Å². The molecule has 0 aromatic heterocycles. The molecule has 1 aliphatic heterocycles. The Kier molecular flexibility index (Phi) is 6.95. The monoisotopic (exact) mass is 448 g/mol. The van der Waals surface area contributed by atoms with Gasteiger partial charge in [-0.1, -0.05) is 36.7 Å². The lowest BCUT2D eigenvalue weighted by Gasteiger charge is -2.37. The van der Waals surface area contributed by atoms with Crippen molar-refractivity contribution in [3.8, 4) is 0 Å². The quantitative estimate of drug-likeness (QED) is 0.634. The first-order valence-electron chi connectivity index (χ1n) is 9.87. The van der Waals surface area contributed by atoms with Gasteiger partial charge in [0.1, 0.15) is 0 Å². The number of ketones is 1. The number of halogens is 1. The molecule has 0 aliphatic carbocycles.